The lowest BCUT2D eigenvalue weighted by molar-refractivity contribution is 0.509. The van der Waals surface area contributed by atoms with E-state index in [1.807, 2.05) is 0 Å². The Morgan fingerprint density at radius 2 is 1.29 bits per heavy atom. The van der Waals surface area contributed by atoms with Crippen LogP contribution in [-0.2, 0) is 0 Å². The molecule has 3 aromatic rings. The highest BCUT2D eigenvalue weighted by molar-refractivity contribution is 6.31. The Kier molecular flexibility index (Phi) is 4.52. The van der Waals surface area contributed by atoms with E-state index in [1.54, 1.807) is 6.07 Å². The number of halogens is 4. The SMILES string of the molecule is Fc1ccc(Nc2cc(Nc3ccc(F)c(Cl)c3)ncn2)cc1F. The smallest absolute Gasteiger partial charge is 0.160 e. The molecule has 0 aliphatic rings. The third-order valence-corrected chi connectivity index (χ3v) is 3.34. The van der Waals surface area contributed by atoms with E-state index < -0.39 is 17.5 Å². The molecule has 0 spiro atoms. The van der Waals surface area contributed by atoms with Crippen LogP contribution >= 0.6 is 11.6 Å². The van der Waals surface area contributed by atoms with Crippen LogP contribution in [0.5, 0.6) is 0 Å². The third-order valence-electron chi connectivity index (χ3n) is 3.05. The van der Waals surface area contributed by atoms with Crippen molar-refractivity contribution in [1.82, 2.24) is 9.97 Å². The number of hydrogen-bond acceptors (Lipinski definition) is 4. The molecule has 0 aliphatic carbocycles. The van der Waals surface area contributed by atoms with Crippen molar-refractivity contribution in [1.29, 1.82) is 0 Å². The first-order chi connectivity index (χ1) is 11.5. The topological polar surface area (TPSA) is 49.8 Å². The number of nitrogens with zero attached hydrogens (tertiary/aromatic N) is 2. The fourth-order valence-electron chi connectivity index (χ4n) is 1.94. The number of aromatic nitrogens is 2. The normalized spacial score (nSPS) is 10.5. The number of hydrogen-bond donors (Lipinski definition) is 2. The van der Waals surface area contributed by atoms with E-state index in [2.05, 4.69) is 20.6 Å². The largest absolute Gasteiger partial charge is 0.340 e. The van der Waals surface area contributed by atoms with E-state index in [9.17, 15) is 13.2 Å². The van der Waals surface area contributed by atoms with Gasteiger partial charge in [-0.1, -0.05) is 11.6 Å². The van der Waals surface area contributed by atoms with Crippen LogP contribution in [0.2, 0.25) is 5.02 Å². The molecule has 2 N–H and O–H groups in total. The zero-order valence-electron chi connectivity index (χ0n) is 12.0. The molecule has 4 nitrogen and oxygen atoms in total. The summed E-state index contributed by atoms with van der Waals surface area (Å²) < 4.78 is 39.3. The highest BCUT2D eigenvalue weighted by Crippen LogP contribution is 2.23. The summed E-state index contributed by atoms with van der Waals surface area (Å²) >= 11 is 5.72. The van der Waals surface area contributed by atoms with Gasteiger partial charge in [0.05, 0.1) is 5.02 Å². The molecule has 0 saturated carbocycles. The van der Waals surface area contributed by atoms with Gasteiger partial charge in [0.15, 0.2) is 11.6 Å². The molecular weight excluding hydrogens is 341 g/mol. The standard InChI is InChI=1S/C16H10ClF3N4/c17-11-5-9(1-3-12(11)18)23-15-7-16(22-8-21-15)24-10-2-4-13(19)14(20)6-10/h1-8H,(H2,21,22,23,24). The summed E-state index contributed by atoms with van der Waals surface area (Å²) in [6, 6.07) is 9.12. The average Bonchev–Trinajstić information content (AvgIpc) is 2.55. The maximum atomic E-state index is 13.2. The number of rotatable bonds is 4. The molecule has 0 radical (unpaired) electrons. The second-order valence-corrected chi connectivity index (χ2v) is 5.20. The van der Waals surface area contributed by atoms with Crippen LogP contribution < -0.4 is 10.6 Å². The molecule has 1 aromatic heterocycles. The molecular formula is C16H10ClF3N4. The Hall–Kier alpha value is -2.80. The minimum Gasteiger partial charge on any atom is -0.340 e. The Morgan fingerprint density at radius 1 is 0.708 bits per heavy atom. The zero-order chi connectivity index (χ0) is 17.1. The molecule has 0 fully saturated rings. The van der Waals surface area contributed by atoms with Gasteiger partial charge in [0.1, 0.15) is 23.8 Å². The Bertz CT molecular complexity index is 820. The molecule has 0 atom stereocenters. The summed E-state index contributed by atoms with van der Waals surface area (Å²) in [4.78, 5) is 8.02. The van der Waals surface area contributed by atoms with E-state index >= 15 is 0 Å². The molecule has 24 heavy (non-hydrogen) atoms. The van der Waals surface area contributed by atoms with Gasteiger partial charge in [0, 0.05) is 23.5 Å². The fourth-order valence-corrected chi connectivity index (χ4v) is 2.12. The predicted octanol–water partition coefficient (Wildman–Crippen LogP) is 5.03. The first-order valence-electron chi connectivity index (χ1n) is 6.77. The molecule has 122 valence electrons. The van der Waals surface area contributed by atoms with E-state index in [4.69, 9.17) is 11.6 Å². The van der Waals surface area contributed by atoms with Crippen molar-refractivity contribution in [2.24, 2.45) is 0 Å². The highest BCUT2D eigenvalue weighted by atomic mass is 35.5. The minimum absolute atomic E-state index is 0.0193. The van der Waals surface area contributed by atoms with Gasteiger partial charge in [-0.25, -0.2) is 23.1 Å². The van der Waals surface area contributed by atoms with Crippen LogP contribution in [0.3, 0.4) is 0 Å². The van der Waals surface area contributed by atoms with Crippen molar-refractivity contribution in [2.45, 2.75) is 0 Å². The molecule has 3 rings (SSSR count). The first kappa shape index (κ1) is 16.1. The van der Waals surface area contributed by atoms with Crippen molar-refractivity contribution in [3.63, 3.8) is 0 Å². The quantitative estimate of drug-likeness (QED) is 0.692. The van der Waals surface area contributed by atoms with Gasteiger partial charge in [-0.15, -0.1) is 0 Å². The number of benzene rings is 2. The zero-order valence-corrected chi connectivity index (χ0v) is 12.8. The molecule has 0 amide bonds. The Morgan fingerprint density at radius 3 is 1.88 bits per heavy atom. The van der Waals surface area contributed by atoms with Gasteiger partial charge in [0.25, 0.3) is 0 Å². The summed E-state index contributed by atoms with van der Waals surface area (Å²) in [5.74, 6) is -1.64. The third kappa shape index (κ3) is 3.75. The fraction of sp³-hybridized carbons (Fsp3) is 0. The summed E-state index contributed by atoms with van der Waals surface area (Å²) in [5, 5.41) is 5.76. The van der Waals surface area contributed by atoms with Crippen LogP contribution in [0.25, 0.3) is 0 Å². The van der Waals surface area contributed by atoms with E-state index in [0.29, 0.717) is 23.0 Å². The summed E-state index contributed by atoms with van der Waals surface area (Å²) in [6.07, 6.45) is 1.29. The van der Waals surface area contributed by atoms with Crippen molar-refractivity contribution < 1.29 is 13.2 Å². The second kappa shape index (κ2) is 6.76. The molecule has 1 heterocycles. The van der Waals surface area contributed by atoms with Gasteiger partial charge in [-0.05, 0) is 30.3 Å². The lowest BCUT2D eigenvalue weighted by Gasteiger charge is -2.09. The molecule has 8 heteroatoms. The van der Waals surface area contributed by atoms with Gasteiger partial charge < -0.3 is 10.6 Å². The summed E-state index contributed by atoms with van der Waals surface area (Å²) in [5.41, 5.74) is 0.877. The van der Waals surface area contributed by atoms with Crippen LogP contribution in [-0.4, -0.2) is 9.97 Å². The van der Waals surface area contributed by atoms with Crippen molar-refractivity contribution >= 4 is 34.6 Å². The maximum absolute atomic E-state index is 13.2. The number of anilines is 4. The number of nitrogens with one attached hydrogen (secondary N) is 2. The van der Waals surface area contributed by atoms with Gasteiger partial charge in [-0.3, -0.25) is 0 Å². The Balaban J connectivity index is 1.78. The molecule has 0 saturated heterocycles. The average molecular weight is 351 g/mol. The monoisotopic (exact) mass is 350 g/mol. The van der Waals surface area contributed by atoms with Crippen LogP contribution in [0, 0.1) is 17.5 Å². The molecule has 0 aliphatic heterocycles. The molecule has 0 bridgehead atoms. The lowest BCUT2D eigenvalue weighted by Crippen LogP contribution is -1.99. The van der Waals surface area contributed by atoms with Crippen LogP contribution in [0.4, 0.5) is 36.2 Å². The predicted molar refractivity (Wildman–Crippen MR) is 86.4 cm³/mol. The Labute approximate surface area is 140 Å². The minimum atomic E-state index is -0.964. The van der Waals surface area contributed by atoms with E-state index in [1.165, 1.54) is 30.6 Å². The van der Waals surface area contributed by atoms with Crippen molar-refractivity contribution in [3.05, 3.63) is 71.3 Å². The summed E-state index contributed by atoms with van der Waals surface area (Å²) in [7, 11) is 0. The van der Waals surface area contributed by atoms with Gasteiger partial charge in [-0.2, -0.15) is 0 Å². The van der Waals surface area contributed by atoms with E-state index in [-0.39, 0.29) is 5.02 Å². The second-order valence-electron chi connectivity index (χ2n) is 4.80. The van der Waals surface area contributed by atoms with Gasteiger partial charge in [0.2, 0.25) is 0 Å². The lowest BCUT2D eigenvalue weighted by atomic mass is 10.3. The maximum Gasteiger partial charge on any atom is 0.160 e. The van der Waals surface area contributed by atoms with E-state index in [0.717, 1.165) is 12.1 Å². The highest BCUT2D eigenvalue weighted by Gasteiger charge is 2.06. The summed E-state index contributed by atoms with van der Waals surface area (Å²) in [6.45, 7) is 0. The molecule has 0 unspecified atom stereocenters. The van der Waals surface area contributed by atoms with Crippen molar-refractivity contribution in [3.8, 4) is 0 Å². The molecule has 2 aromatic carbocycles. The first-order valence-corrected chi connectivity index (χ1v) is 7.15. The van der Waals surface area contributed by atoms with Gasteiger partial charge >= 0.3 is 0 Å². The van der Waals surface area contributed by atoms with Crippen LogP contribution in [0.1, 0.15) is 0 Å². The van der Waals surface area contributed by atoms with Crippen molar-refractivity contribution in [2.75, 3.05) is 10.6 Å². The van der Waals surface area contributed by atoms with Crippen LogP contribution in [0.15, 0.2) is 48.8 Å².